The molecular formula is C14H20N2O4. The number of carboxylic acids is 1. The van der Waals surface area contributed by atoms with Gasteiger partial charge < -0.3 is 21.3 Å². The van der Waals surface area contributed by atoms with Gasteiger partial charge in [0.2, 0.25) is 5.91 Å². The maximum atomic E-state index is 11.8. The van der Waals surface area contributed by atoms with Crippen LogP contribution in [-0.2, 0) is 15.0 Å². The van der Waals surface area contributed by atoms with Crippen molar-refractivity contribution in [1.29, 1.82) is 0 Å². The molecule has 20 heavy (non-hydrogen) atoms. The zero-order valence-electron chi connectivity index (χ0n) is 11.4. The van der Waals surface area contributed by atoms with Crippen LogP contribution in [0.15, 0.2) is 24.3 Å². The quantitative estimate of drug-likeness (QED) is 0.551. The first-order chi connectivity index (χ1) is 9.46. The van der Waals surface area contributed by atoms with Crippen LogP contribution in [0.3, 0.4) is 0 Å². The zero-order chi connectivity index (χ0) is 15.2. The van der Waals surface area contributed by atoms with E-state index >= 15 is 0 Å². The SMILES string of the molecule is Cc1ccc(C(CN)(CC(=O)NCCO)C(=O)O)cc1. The van der Waals surface area contributed by atoms with Crippen LogP contribution in [0.25, 0.3) is 0 Å². The van der Waals surface area contributed by atoms with Crippen molar-refractivity contribution < 1.29 is 19.8 Å². The van der Waals surface area contributed by atoms with Crippen LogP contribution in [0, 0.1) is 6.92 Å². The van der Waals surface area contributed by atoms with Crippen LogP contribution in [-0.4, -0.2) is 41.8 Å². The summed E-state index contributed by atoms with van der Waals surface area (Å²) in [5.41, 5.74) is 5.69. The van der Waals surface area contributed by atoms with E-state index in [1.54, 1.807) is 24.3 Å². The van der Waals surface area contributed by atoms with E-state index in [1.807, 2.05) is 6.92 Å². The van der Waals surface area contributed by atoms with Crippen molar-refractivity contribution in [2.45, 2.75) is 18.8 Å². The Kier molecular flexibility index (Phi) is 5.66. The highest BCUT2D eigenvalue weighted by molar-refractivity contribution is 5.89. The maximum Gasteiger partial charge on any atom is 0.315 e. The van der Waals surface area contributed by atoms with Crippen molar-refractivity contribution in [2.24, 2.45) is 5.73 Å². The van der Waals surface area contributed by atoms with Gasteiger partial charge in [-0.3, -0.25) is 9.59 Å². The number of carbonyl (C=O) groups excluding carboxylic acids is 1. The Morgan fingerprint density at radius 1 is 1.30 bits per heavy atom. The minimum Gasteiger partial charge on any atom is -0.481 e. The van der Waals surface area contributed by atoms with Gasteiger partial charge >= 0.3 is 5.97 Å². The number of aliphatic carboxylic acids is 1. The van der Waals surface area contributed by atoms with Crippen molar-refractivity contribution in [3.63, 3.8) is 0 Å². The molecule has 0 aliphatic heterocycles. The van der Waals surface area contributed by atoms with Crippen LogP contribution in [0.4, 0.5) is 0 Å². The monoisotopic (exact) mass is 280 g/mol. The number of nitrogens with one attached hydrogen (secondary N) is 1. The van der Waals surface area contributed by atoms with Crippen molar-refractivity contribution in [2.75, 3.05) is 19.7 Å². The molecule has 0 aromatic heterocycles. The van der Waals surface area contributed by atoms with Crippen molar-refractivity contribution in [1.82, 2.24) is 5.32 Å². The second-order valence-corrected chi connectivity index (χ2v) is 4.71. The Morgan fingerprint density at radius 2 is 1.90 bits per heavy atom. The lowest BCUT2D eigenvalue weighted by Gasteiger charge is -2.28. The summed E-state index contributed by atoms with van der Waals surface area (Å²) in [6, 6.07) is 6.92. The smallest absolute Gasteiger partial charge is 0.315 e. The second kappa shape index (κ2) is 7.02. The van der Waals surface area contributed by atoms with E-state index in [4.69, 9.17) is 10.8 Å². The number of aliphatic hydroxyl groups is 1. The summed E-state index contributed by atoms with van der Waals surface area (Å²) in [7, 11) is 0. The van der Waals surface area contributed by atoms with Gasteiger partial charge in [-0.25, -0.2) is 0 Å². The van der Waals surface area contributed by atoms with E-state index in [0.717, 1.165) is 5.56 Å². The van der Waals surface area contributed by atoms with E-state index in [1.165, 1.54) is 0 Å². The summed E-state index contributed by atoms with van der Waals surface area (Å²) >= 11 is 0. The molecule has 0 spiro atoms. The molecule has 0 saturated heterocycles. The molecule has 0 radical (unpaired) electrons. The number of amides is 1. The number of rotatable bonds is 7. The molecule has 6 nitrogen and oxygen atoms in total. The van der Waals surface area contributed by atoms with Crippen LogP contribution < -0.4 is 11.1 Å². The minimum absolute atomic E-state index is 0.0903. The summed E-state index contributed by atoms with van der Waals surface area (Å²) in [5, 5.41) is 20.6. The number of carboxylic acid groups (broad SMARTS) is 1. The van der Waals surface area contributed by atoms with Gasteiger partial charge in [0.1, 0.15) is 5.41 Å². The summed E-state index contributed by atoms with van der Waals surface area (Å²) in [5.74, 6) is -1.59. The summed E-state index contributed by atoms with van der Waals surface area (Å²) in [6.07, 6.45) is -0.262. The Hall–Kier alpha value is -1.92. The van der Waals surface area contributed by atoms with Crippen LogP contribution >= 0.6 is 0 Å². The lowest BCUT2D eigenvalue weighted by Crippen LogP contribution is -2.47. The lowest BCUT2D eigenvalue weighted by molar-refractivity contribution is -0.146. The Labute approximate surface area is 117 Å². The first-order valence-electron chi connectivity index (χ1n) is 6.34. The van der Waals surface area contributed by atoms with E-state index in [2.05, 4.69) is 5.32 Å². The van der Waals surface area contributed by atoms with Gasteiger partial charge in [0.15, 0.2) is 0 Å². The normalized spacial score (nSPS) is 13.6. The van der Waals surface area contributed by atoms with Gasteiger partial charge in [0.25, 0.3) is 0 Å². The molecule has 5 N–H and O–H groups in total. The molecule has 0 aliphatic carbocycles. The first kappa shape index (κ1) is 16.1. The van der Waals surface area contributed by atoms with Gasteiger partial charge in [0, 0.05) is 19.5 Å². The molecule has 1 atom stereocenters. The molecule has 110 valence electrons. The summed E-state index contributed by atoms with van der Waals surface area (Å²) < 4.78 is 0. The summed E-state index contributed by atoms with van der Waals surface area (Å²) in [6.45, 7) is 1.60. The number of carbonyl (C=O) groups is 2. The molecular weight excluding hydrogens is 260 g/mol. The third kappa shape index (κ3) is 3.55. The number of hydrogen-bond acceptors (Lipinski definition) is 4. The molecule has 0 bridgehead atoms. The van der Waals surface area contributed by atoms with E-state index in [9.17, 15) is 14.7 Å². The Bertz CT molecular complexity index is 473. The van der Waals surface area contributed by atoms with Gasteiger partial charge in [-0.1, -0.05) is 29.8 Å². The molecule has 6 heteroatoms. The topological polar surface area (TPSA) is 113 Å². The Morgan fingerprint density at radius 3 is 2.35 bits per heavy atom. The molecule has 1 amide bonds. The lowest BCUT2D eigenvalue weighted by atomic mass is 9.77. The molecule has 1 aromatic rings. The third-order valence-electron chi connectivity index (χ3n) is 3.26. The van der Waals surface area contributed by atoms with Crippen molar-refractivity contribution in [3.8, 4) is 0 Å². The maximum absolute atomic E-state index is 11.8. The number of hydrogen-bond donors (Lipinski definition) is 4. The third-order valence-corrected chi connectivity index (χ3v) is 3.26. The molecule has 1 aromatic carbocycles. The largest absolute Gasteiger partial charge is 0.481 e. The summed E-state index contributed by atoms with van der Waals surface area (Å²) in [4.78, 5) is 23.4. The average Bonchev–Trinajstić information content (AvgIpc) is 2.43. The highest BCUT2D eigenvalue weighted by Gasteiger charge is 2.41. The highest BCUT2D eigenvalue weighted by Crippen LogP contribution is 2.28. The molecule has 0 aliphatic rings. The fourth-order valence-corrected chi connectivity index (χ4v) is 1.98. The van der Waals surface area contributed by atoms with Crippen molar-refractivity contribution >= 4 is 11.9 Å². The predicted octanol–water partition coefficient (Wildman–Crippen LogP) is -0.225. The number of benzene rings is 1. The number of aliphatic hydroxyl groups excluding tert-OH is 1. The van der Waals surface area contributed by atoms with Gasteiger partial charge in [-0.2, -0.15) is 0 Å². The van der Waals surface area contributed by atoms with E-state index in [0.29, 0.717) is 5.56 Å². The van der Waals surface area contributed by atoms with Gasteiger partial charge in [-0.15, -0.1) is 0 Å². The minimum atomic E-state index is -1.45. The van der Waals surface area contributed by atoms with Crippen LogP contribution in [0.2, 0.25) is 0 Å². The van der Waals surface area contributed by atoms with Gasteiger partial charge in [0.05, 0.1) is 6.61 Å². The number of nitrogens with two attached hydrogens (primary N) is 1. The van der Waals surface area contributed by atoms with Crippen LogP contribution in [0.5, 0.6) is 0 Å². The Balaban J connectivity index is 3.06. The van der Waals surface area contributed by atoms with Crippen molar-refractivity contribution in [3.05, 3.63) is 35.4 Å². The van der Waals surface area contributed by atoms with E-state index in [-0.39, 0.29) is 26.1 Å². The molecule has 0 fully saturated rings. The fraction of sp³-hybridized carbons (Fsp3) is 0.429. The number of aryl methyl sites for hydroxylation is 1. The van der Waals surface area contributed by atoms with Crippen LogP contribution in [0.1, 0.15) is 17.5 Å². The molecule has 0 saturated carbocycles. The average molecular weight is 280 g/mol. The zero-order valence-corrected chi connectivity index (χ0v) is 11.4. The molecule has 1 rings (SSSR count). The highest BCUT2D eigenvalue weighted by atomic mass is 16.4. The van der Waals surface area contributed by atoms with E-state index < -0.39 is 17.3 Å². The van der Waals surface area contributed by atoms with Gasteiger partial charge in [-0.05, 0) is 12.5 Å². The predicted molar refractivity (Wildman–Crippen MR) is 74.3 cm³/mol. The second-order valence-electron chi connectivity index (χ2n) is 4.71. The first-order valence-corrected chi connectivity index (χ1v) is 6.34. The fourth-order valence-electron chi connectivity index (χ4n) is 1.98. The molecule has 0 heterocycles. The standard InChI is InChI=1S/C14H20N2O4/c1-10-2-4-11(5-3-10)14(9-15,13(19)20)8-12(18)16-6-7-17/h2-5,17H,6-9,15H2,1H3,(H,16,18)(H,19,20). The molecule has 1 unspecified atom stereocenters.